The maximum Gasteiger partial charge on any atom is 0.247 e. The number of aryl methyl sites for hydroxylation is 1. The first-order chi connectivity index (χ1) is 12.7. The normalized spacial score (nSPS) is 10.5. The number of benzene rings is 2. The SMILES string of the molecule is COc1ccccc1CNC(=O)CCc1nnc(-c2ccc(F)cc2)o1. The van der Waals surface area contributed by atoms with Crippen LogP contribution in [0.1, 0.15) is 17.9 Å². The zero-order valence-corrected chi connectivity index (χ0v) is 14.2. The van der Waals surface area contributed by atoms with Crippen LogP contribution in [-0.2, 0) is 17.8 Å². The predicted octanol–water partition coefficient (Wildman–Crippen LogP) is 3.13. The molecule has 1 heterocycles. The van der Waals surface area contributed by atoms with Crippen molar-refractivity contribution in [3.05, 3.63) is 65.8 Å². The lowest BCUT2D eigenvalue weighted by molar-refractivity contribution is -0.121. The molecular weight excluding hydrogens is 337 g/mol. The van der Waals surface area contributed by atoms with Crippen LogP contribution in [0.5, 0.6) is 5.75 Å². The molecule has 1 aromatic heterocycles. The smallest absolute Gasteiger partial charge is 0.247 e. The number of carbonyl (C=O) groups is 1. The third-order valence-electron chi connectivity index (χ3n) is 3.79. The Labute approximate surface area is 150 Å². The minimum atomic E-state index is -0.333. The van der Waals surface area contributed by atoms with Crippen molar-refractivity contribution in [2.24, 2.45) is 0 Å². The minimum Gasteiger partial charge on any atom is -0.496 e. The van der Waals surface area contributed by atoms with E-state index in [4.69, 9.17) is 9.15 Å². The maximum absolute atomic E-state index is 12.9. The van der Waals surface area contributed by atoms with E-state index in [1.807, 2.05) is 24.3 Å². The lowest BCUT2D eigenvalue weighted by Crippen LogP contribution is -2.23. The largest absolute Gasteiger partial charge is 0.496 e. The highest BCUT2D eigenvalue weighted by atomic mass is 19.1. The van der Waals surface area contributed by atoms with E-state index < -0.39 is 0 Å². The zero-order chi connectivity index (χ0) is 18.4. The predicted molar refractivity (Wildman–Crippen MR) is 92.9 cm³/mol. The average Bonchev–Trinajstić information content (AvgIpc) is 3.14. The Bertz CT molecular complexity index is 878. The van der Waals surface area contributed by atoms with Crippen molar-refractivity contribution in [2.45, 2.75) is 19.4 Å². The van der Waals surface area contributed by atoms with E-state index in [0.29, 0.717) is 30.3 Å². The highest BCUT2D eigenvalue weighted by Gasteiger charge is 2.11. The quantitative estimate of drug-likeness (QED) is 0.704. The molecule has 1 amide bonds. The molecule has 0 unspecified atom stereocenters. The Morgan fingerprint density at radius 2 is 1.92 bits per heavy atom. The van der Waals surface area contributed by atoms with Gasteiger partial charge in [-0.15, -0.1) is 10.2 Å². The minimum absolute atomic E-state index is 0.127. The second-order valence-corrected chi connectivity index (χ2v) is 5.60. The van der Waals surface area contributed by atoms with Crippen LogP contribution in [0.15, 0.2) is 52.9 Å². The molecule has 2 aromatic carbocycles. The van der Waals surface area contributed by atoms with Crippen LogP contribution < -0.4 is 10.1 Å². The summed E-state index contributed by atoms with van der Waals surface area (Å²) in [6.45, 7) is 0.382. The van der Waals surface area contributed by atoms with E-state index in [1.54, 1.807) is 19.2 Å². The summed E-state index contributed by atoms with van der Waals surface area (Å²) in [6.07, 6.45) is 0.548. The number of hydrogen-bond acceptors (Lipinski definition) is 5. The topological polar surface area (TPSA) is 77.2 Å². The van der Waals surface area contributed by atoms with E-state index in [2.05, 4.69) is 15.5 Å². The van der Waals surface area contributed by atoms with Gasteiger partial charge >= 0.3 is 0 Å². The number of amides is 1. The molecule has 0 spiro atoms. The van der Waals surface area contributed by atoms with Crippen molar-refractivity contribution in [1.82, 2.24) is 15.5 Å². The summed E-state index contributed by atoms with van der Waals surface area (Å²) in [5, 5.41) is 10.7. The highest BCUT2D eigenvalue weighted by Crippen LogP contribution is 2.19. The molecule has 26 heavy (non-hydrogen) atoms. The van der Waals surface area contributed by atoms with E-state index in [0.717, 1.165) is 11.3 Å². The molecule has 0 atom stereocenters. The number of methoxy groups -OCH3 is 1. The summed E-state index contributed by atoms with van der Waals surface area (Å²) in [7, 11) is 1.59. The van der Waals surface area contributed by atoms with Crippen LogP contribution in [-0.4, -0.2) is 23.2 Å². The molecule has 3 aromatic rings. The third-order valence-corrected chi connectivity index (χ3v) is 3.79. The molecule has 0 bridgehead atoms. The number of carbonyl (C=O) groups excluding carboxylic acids is 1. The van der Waals surface area contributed by atoms with Gasteiger partial charge in [0.25, 0.3) is 0 Å². The molecule has 0 saturated carbocycles. The standard InChI is InChI=1S/C19H18FN3O3/c1-25-16-5-3-2-4-14(16)12-21-17(24)10-11-18-22-23-19(26-18)13-6-8-15(20)9-7-13/h2-9H,10-12H2,1H3,(H,21,24). The van der Waals surface area contributed by atoms with Crippen LogP contribution in [0.4, 0.5) is 4.39 Å². The van der Waals surface area contributed by atoms with Crippen molar-refractivity contribution in [2.75, 3.05) is 7.11 Å². The molecule has 6 nitrogen and oxygen atoms in total. The molecule has 134 valence electrons. The molecule has 0 aliphatic heterocycles. The van der Waals surface area contributed by atoms with Gasteiger partial charge in [-0.1, -0.05) is 18.2 Å². The molecule has 0 aliphatic carbocycles. The second-order valence-electron chi connectivity index (χ2n) is 5.60. The fourth-order valence-electron chi connectivity index (χ4n) is 2.42. The number of aromatic nitrogens is 2. The molecule has 0 fully saturated rings. The van der Waals surface area contributed by atoms with Crippen molar-refractivity contribution < 1.29 is 18.3 Å². The Hall–Kier alpha value is -3.22. The molecule has 3 rings (SSSR count). The summed E-state index contributed by atoms with van der Waals surface area (Å²) in [5.74, 6) is 0.928. The first-order valence-electron chi connectivity index (χ1n) is 8.12. The Morgan fingerprint density at radius 3 is 2.69 bits per heavy atom. The summed E-state index contributed by atoms with van der Waals surface area (Å²) in [5.41, 5.74) is 1.53. The fourth-order valence-corrected chi connectivity index (χ4v) is 2.42. The summed E-state index contributed by atoms with van der Waals surface area (Å²) in [4.78, 5) is 12.0. The van der Waals surface area contributed by atoms with Crippen LogP contribution in [0.2, 0.25) is 0 Å². The summed E-state index contributed by atoms with van der Waals surface area (Å²) < 4.78 is 23.7. The van der Waals surface area contributed by atoms with Crippen molar-refractivity contribution >= 4 is 5.91 Å². The third kappa shape index (κ3) is 4.44. The maximum atomic E-state index is 12.9. The fraction of sp³-hybridized carbons (Fsp3) is 0.211. The zero-order valence-electron chi connectivity index (χ0n) is 14.2. The van der Waals surface area contributed by atoms with Crippen LogP contribution in [0.25, 0.3) is 11.5 Å². The first-order valence-corrected chi connectivity index (χ1v) is 8.12. The van der Waals surface area contributed by atoms with Gasteiger partial charge in [0.2, 0.25) is 17.7 Å². The first kappa shape index (κ1) is 17.6. The van der Waals surface area contributed by atoms with Crippen molar-refractivity contribution in [1.29, 1.82) is 0 Å². The monoisotopic (exact) mass is 355 g/mol. The Balaban J connectivity index is 1.51. The second kappa shape index (κ2) is 8.24. The van der Waals surface area contributed by atoms with Gasteiger partial charge in [0.05, 0.1) is 7.11 Å². The van der Waals surface area contributed by atoms with E-state index in [9.17, 15) is 9.18 Å². The number of nitrogens with zero attached hydrogens (tertiary/aromatic N) is 2. The Morgan fingerprint density at radius 1 is 1.15 bits per heavy atom. The van der Waals surface area contributed by atoms with Crippen LogP contribution in [0.3, 0.4) is 0 Å². The number of para-hydroxylation sites is 1. The van der Waals surface area contributed by atoms with Gasteiger partial charge in [-0.2, -0.15) is 0 Å². The van der Waals surface area contributed by atoms with E-state index in [-0.39, 0.29) is 18.1 Å². The molecule has 0 saturated heterocycles. The van der Waals surface area contributed by atoms with Gasteiger partial charge in [-0.3, -0.25) is 4.79 Å². The van der Waals surface area contributed by atoms with Gasteiger partial charge in [0, 0.05) is 30.5 Å². The van der Waals surface area contributed by atoms with Gasteiger partial charge in [0.15, 0.2) is 0 Å². The van der Waals surface area contributed by atoms with Gasteiger partial charge < -0.3 is 14.5 Å². The number of halogens is 1. The van der Waals surface area contributed by atoms with Crippen molar-refractivity contribution in [3.8, 4) is 17.2 Å². The van der Waals surface area contributed by atoms with Gasteiger partial charge in [-0.05, 0) is 30.3 Å². The number of hydrogen-bond donors (Lipinski definition) is 1. The van der Waals surface area contributed by atoms with E-state index in [1.165, 1.54) is 12.1 Å². The number of rotatable bonds is 7. The summed E-state index contributed by atoms with van der Waals surface area (Å²) >= 11 is 0. The van der Waals surface area contributed by atoms with Crippen LogP contribution >= 0.6 is 0 Å². The molecule has 0 aliphatic rings. The lowest BCUT2D eigenvalue weighted by Gasteiger charge is -2.09. The van der Waals surface area contributed by atoms with Gasteiger partial charge in [0.1, 0.15) is 11.6 Å². The summed E-state index contributed by atoms with van der Waals surface area (Å²) in [6, 6.07) is 13.3. The highest BCUT2D eigenvalue weighted by molar-refractivity contribution is 5.76. The van der Waals surface area contributed by atoms with E-state index >= 15 is 0 Å². The number of nitrogens with one attached hydrogen (secondary N) is 1. The Kier molecular flexibility index (Phi) is 5.58. The molecular formula is C19H18FN3O3. The number of ether oxygens (including phenoxy) is 1. The van der Waals surface area contributed by atoms with Gasteiger partial charge in [-0.25, -0.2) is 4.39 Å². The van der Waals surface area contributed by atoms with Crippen molar-refractivity contribution in [3.63, 3.8) is 0 Å². The average molecular weight is 355 g/mol. The van der Waals surface area contributed by atoms with Crippen LogP contribution in [0, 0.1) is 5.82 Å². The lowest BCUT2D eigenvalue weighted by atomic mass is 10.2. The molecule has 0 radical (unpaired) electrons. The molecule has 1 N–H and O–H groups in total. The molecule has 7 heteroatoms.